The van der Waals surface area contributed by atoms with Gasteiger partial charge in [0, 0.05) is 38.1 Å². The number of aliphatic hydroxyl groups excluding tert-OH is 1. The third-order valence-corrected chi connectivity index (χ3v) is 7.05. The Balaban J connectivity index is 1.83. The quantitative estimate of drug-likeness (QED) is 0.232. The molecule has 0 bridgehead atoms. The van der Waals surface area contributed by atoms with Crippen LogP contribution in [0.1, 0.15) is 12.8 Å². The predicted molar refractivity (Wildman–Crippen MR) is 103 cm³/mol. The number of aliphatic hydroxyl groups is 1. The van der Waals surface area contributed by atoms with Crippen molar-refractivity contribution in [3.05, 3.63) is 23.3 Å². The van der Waals surface area contributed by atoms with Crippen LogP contribution in [0.25, 0.3) is 0 Å². The molecule has 0 radical (unpaired) electrons. The van der Waals surface area contributed by atoms with Crippen molar-refractivity contribution >= 4 is 35.8 Å². The molecule has 3 heterocycles. The Kier molecular flexibility index (Phi) is 5.39. The lowest BCUT2D eigenvalue weighted by Crippen LogP contribution is -2.89. The highest BCUT2D eigenvalue weighted by Gasteiger charge is 2.66. The summed E-state index contributed by atoms with van der Waals surface area (Å²) >= 11 is 1.39. The van der Waals surface area contributed by atoms with Crippen LogP contribution >= 0.6 is 11.8 Å². The largest absolute Gasteiger partial charge is 0.477 e. The van der Waals surface area contributed by atoms with Crippen LogP contribution in [-0.2, 0) is 14.4 Å². The molecule has 3 rings (SSSR count). The van der Waals surface area contributed by atoms with Gasteiger partial charge >= 0.3 is 5.97 Å². The average Bonchev–Trinajstić information content (AvgIpc) is 3.22. The number of aliphatic carboxylic acids is 1. The van der Waals surface area contributed by atoms with E-state index in [9.17, 15) is 24.6 Å². The predicted octanol–water partition coefficient (Wildman–Crippen LogP) is -1.39. The number of nitrogens with zero attached hydrogens (tertiary/aromatic N) is 2. The first-order valence-electron chi connectivity index (χ1n) is 9.01. The van der Waals surface area contributed by atoms with Gasteiger partial charge in [-0.1, -0.05) is 6.08 Å². The van der Waals surface area contributed by atoms with E-state index in [-0.39, 0.29) is 29.3 Å². The molecule has 0 aromatic heterocycles. The Morgan fingerprint density at radius 3 is 2.71 bits per heavy atom. The van der Waals surface area contributed by atoms with E-state index in [1.165, 1.54) is 22.7 Å². The van der Waals surface area contributed by atoms with Crippen molar-refractivity contribution in [3.8, 4) is 0 Å². The Hall–Kier alpha value is -2.17. The van der Waals surface area contributed by atoms with Crippen molar-refractivity contribution in [2.75, 3.05) is 20.6 Å². The van der Waals surface area contributed by atoms with Crippen LogP contribution < -0.4 is 5.32 Å². The first-order chi connectivity index (χ1) is 13.2. The molecule has 152 valence electrons. The minimum Gasteiger partial charge on any atom is -0.477 e. The number of likely N-dealkylation sites (N-methyl/N-ethyl adjacent to an activating group) is 1. The molecule has 5 unspecified atom stereocenters. The van der Waals surface area contributed by atoms with Gasteiger partial charge < -0.3 is 25.8 Å². The topological polar surface area (TPSA) is 139 Å². The number of quaternary nitrogens is 1. The Morgan fingerprint density at radius 1 is 1.50 bits per heavy atom. The van der Waals surface area contributed by atoms with E-state index in [4.69, 9.17) is 5.41 Å². The van der Waals surface area contributed by atoms with Crippen molar-refractivity contribution in [1.29, 1.82) is 5.41 Å². The van der Waals surface area contributed by atoms with Gasteiger partial charge in [0.05, 0.1) is 23.3 Å². The third kappa shape index (κ3) is 2.96. The van der Waals surface area contributed by atoms with Gasteiger partial charge in [-0.3, -0.25) is 14.5 Å². The van der Waals surface area contributed by atoms with Gasteiger partial charge in [0.25, 0.3) is 5.91 Å². The summed E-state index contributed by atoms with van der Waals surface area (Å²) in [5.41, 5.74) is -1.10. The van der Waals surface area contributed by atoms with Crippen molar-refractivity contribution in [3.63, 3.8) is 0 Å². The lowest BCUT2D eigenvalue weighted by Gasteiger charge is -2.53. The van der Waals surface area contributed by atoms with Crippen LogP contribution in [0.2, 0.25) is 0 Å². The molecule has 5 N–H and O–H groups in total. The van der Waals surface area contributed by atoms with Crippen LogP contribution in [-0.4, -0.2) is 87.6 Å². The highest BCUT2D eigenvalue weighted by Crippen LogP contribution is 2.56. The molecular formula is C18H25N4O5S+. The molecular weight excluding hydrogens is 384 g/mol. The van der Waals surface area contributed by atoms with Crippen molar-refractivity contribution in [1.82, 2.24) is 9.80 Å². The Labute approximate surface area is 166 Å². The number of hydrogen-bond acceptors (Lipinski definition) is 6. The van der Waals surface area contributed by atoms with E-state index in [2.05, 4.69) is 6.58 Å². The zero-order valence-electron chi connectivity index (χ0n) is 15.8. The fraction of sp³-hybridized carbons (Fsp3) is 0.556. The number of thioether (sulfide) groups is 1. The molecule has 0 saturated carbocycles. The summed E-state index contributed by atoms with van der Waals surface area (Å²) < 4.78 is 0. The average molecular weight is 409 g/mol. The maximum absolute atomic E-state index is 12.6. The number of rotatable bonds is 7. The first kappa shape index (κ1) is 20.6. The number of nitrogens with one attached hydrogen (secondary N) is 1. The number of carbonyl (C=O) groups is 3. The number of carboxylic acid groups (broad SMARTS) is 1. The van der Waals surface area contributed by atoms with Crippen LogP contribution in [0.15, 0.2) is 23.3 Å². The standard InChI is InChI=1S/C18H24N4O5S/c1-4-18-6-12(28-9-5-10(20-8-9)15(24)21(2)3)14(17(26)27)22(18)16(25)13(18)11(23)7-19/h4,7,9-11,13,19-20,23H,1,5-6,8H2,2-3H3,(H,26,27)/p+1. The SMILES string of the molecule is C=CC12CC(SC3C[NH2+]C(C(=O)N(C)C)C3)=C(C(=O)O)N1C(=O)C2C(O)C=N. The molecule has 2 amide bonds. The second kappa shape index (κ2) is 7.34. The molecule has 3 aliphatic rings. The molecule has 2 fully saturated rings. The van der Waals surface area contributed by atoms with Crippen LogP contribution in [0.3, 0.4) is 0 Å². The number of amides is 2. The number of nitrogens with two attached hydrogens (primary N) is 1. The summed E-state index contributed by atoms with van der Waals surface area (Å²) in [6, 6.07) is -0.192. The van der Waals surface area contributed by atoms with Crippen LogP contribution in [0.5, 0.6) is 0 Å². The molecule has 0 aromatic carbocycles. The van der Waals surface area contributed by atoms with Gasteiger partial charge in [0.2, 0.25) is 5.91 Å². The van der Waals surface area contributed by atoms with Crippen LogP contribution in [0, 0.1) is 11.3 Å². The van der Waals surface area contributed by atoms with E-state index >= 15 is 0 Å². The highest BCUT2D eigenvalue weighted by atomic mass is 32.2. The minimum absolute atomic E-state index is 0.0256. The molecule has 5 atom stereocenters. The van der Waals surface area contributed by atoms with Gasteiger partial charge in [0.1, 0.15) is 11.8 Å². The zero-order chi connectivity index (χ0) is 20.8. The van der Waals surface area contributed by atoms with Gasteiger partial charge in [-0.05, 0) is 0 Å². The summed E-state index contributed by atoms with van der Waals surface area (Å²) in [5, 5.41) is 29.1. The Morgan fingerprint density at radius 2 is 2.18 bits per heavy atom. The van der Waals surface area contributed by atoms with E-state index in [0.29, 0.717) is 17.9 Å². The number of hydrogen-bond donors (Lipinski definition) is 4. The van der Waals surface area contributed by atoms with Gasteiger partial charge in [-0.2, -0.15) is 0 Å². The number of fused-ring (bicyclic) bond motifs is 1. The zero-order valence-corrected chi connectivity index (χ0v) is 16.6. The maximum Gasteiger partial charge on any atom is 0.353 e. The summed E-state index contributed by atoms with van der Waals surface area (Å²) in [5.74, 6) is -2.60. The molecule has 10 heteroatoms. The highest BCUT2D eigenvalue weighted by molar-refractivity contribution is 8.03. The van der Waals surface area contributed by atoms with Crippen molar-refractivity contribution < 1.29 is 29.9 Å². The third-order valence-electron chi connectivity index (χ3n) is 5.71. The minimum atomic E-state index is -1.29. The van der Waals surface area contributed by atoms with Crippen molar-refractivity contribution in [2.24, 2.45) is 5.92 Å². The normalized spacial score (nSPS) is 32.6. The second-order valence-electron chi connectivity index (χ2n) is 7.54. The lowest BCUT2D eigenvalue weighted by molar-refractivity contribution is -0.657. The van der Waals surface area contributed by atoms with E-state index in [1.54, 1.807) is 19.0 Å². The summed E-state index contributed by atoms with van der Waals surface area (Å²) in [4.78, 5) is 40.0. The number of carbonyl (C=O) groups excluding carboxylic acids is 2. The monoisotopic (exact) mass is 409 g/mol. The van der Waals surface area contributed by atoms with Crippen LogP contribution in [0.4, 0.5) is 0 Å². The number of carboxylic acids is 1. The van der Waals surface area contributed by atoms with E-state index in [0.717, 1.165) is 6.21 Å². The van der Waals surface area contributed by atoms with E-state index < -0.39 is 29.4 Å². The molecule has 0 aromatic rings. The maximum atomic E-state index is 12.6. The molecule has 9 nitrogen and oxygen atoms in total. The molecule has 2 saturated heterocycles. The summed E-state index contributed by atoms with van der Waals surface area (Å²) in [7, 11) is 3.41. The molecule has 28 heavy (non-hydrogen) atoms. The lowest BCUT2D eigenvalue weighted by atomic mass is 9.70. The fourth-order valence-electron chi connectivity index (χ4n) is 4.37. The van der Waals surface area contributed by atoms with Gasteiger partial charge in [-0.15, -0.1) is 18.3 Å². The summed E-state index contributed by atoms with van der Waals surface area (Å²) in [6.07, 6.45) is 1.86. The smallest absolute Gasteiger partial charge is 0.353 e. The second-order valence-corrected chi connectivity index (χ2v) is 8.94. The van der Waals surface area contributed by atoms with Gasteiger partial charge in [0.15, 0.2) is 6.04 Å². The molecule has 3 aliphatic heterocycles. The fourth-order valence-corrected chi connectivity index (χ4v) is 5.89. The number of β-lactam (4-membered cyclic amide) rings is 1. The molecule has 0 aliphatic carbocycles. The van der Waals surface area contributed by atoms with Crippen molar-refractivity contribution in [2.45, 2.75) is 35.8 Å². The Bertz CT molecular complexity index is 782. The van der Waals surface area contributed by atoms with E-state index in [1.807, 2.05) is 5.32 Å². The first-order valence-corrected chi connectivity index (χ1v) is 9.89. The van der Waals surface area contributed by atoms with Gasteiger partial charge in [-0.25, -0.2) is 4.79 Å². The molecule has 0 spiro atoms. The summed E-state index contributed by atoms with van der Waals surface area (Å²) in [6.45, 7) is 4.44.